The second-order valence-electron chi connectivity index (χ2n) is 6.49. The van der Waals surface area contributed by atoms with Gasteiger partial charge in [-0.05, 0) is 38.5 Å². The summed E-state index contributed by atoms with van der Waals surface area (Å²) in [7, 11) is 0. The summed E-state index contributed by atoms with van der Waals surface area (Å²) in [5.41, 5.74) is -0.336. The lowest BCUT2D eigenvalue weighted by Crippen LogP contribution is -2.43. The van der Waals surface area contributed by atoms with Crippen molar-refractivity contribution in [2.75, 3.05) is 6.54 Å². The van der Waals surface area contributed by atoms with Crippen molar-refractivity contribution >= 4 is 5.91 Å². The van der Waals surface area contributed by atoms with Crippen LogP contribution in [0.3, 0.4) is 0 Å². The first-order valence-corrected chi connectivity index (χ1v) is 7.56. The van der Waals surface area contributed by atoms with Gasteiger partial charge in [0.1, 0.15) is 0 Å². The third-order valence-electron chi connectivity index (χ3n) is 5.16. The maximum Gasteiger partial charge on any atom is 0.243 e. The van der Waals surface area contributed by atoms with Crippen molar-refractivity contribution in [2.24, 2.45) is 11.8 Å². The molecule has 2 fully saturated rings. The van der Waals surface area contributed by atoms with Gasteiger partial charge in [0.2, 0.25) is 5.91 Å². The van der Waals surface area contributed by atoms with Crippen LogP contribution in [0.1, 0.15) is 59.8 Å². The minimum absolute atomic E-state index is 0.191. The first-order chi connectivity index (χ1) is 8.48. The van der Waals surface area contributed by atoms with E-state index in [0.717, 1.165) is 18.9 Å². The summed E-state index contributed by atoms with van der Waals surface area (Å²) in [5.74, 6) is 1.77. The molecule has 4 atom stereocenters. The lowest BCUT2D eigenvalue weighted by molar-refractivity contribution is -0.133. The van der Waals surface area contributed by atoms with E-state index in [1.54, 1.807) is 0 Å². The average Bonchev–Trinajstić information content (AvgIpc) is 2.56. The number of nitrogens with one attached hydrogen (secondary N) is 1. The number of carbonyl (C=O) groups is 1. The van der Waals surface area contributed by atoms with E-state index >= 15 is 0 Å². The molecule has 4 unspecified atom stereocenters. The molecule has 18 heavy (non-hydrogen) atoms. The zero-order valence-corrected chi connectivity index (χ0v) is 12.3. The molecule has 104 valence electrons. The van der Waals surface area contributed by atoms with Gasteiger partial charge in [0, 0.05) is 6.54 Å². The Kier molecular flexibility index (Phi) is 4.00. The Bertz CT molecular complexity index is 318. The quantitative estimate of drug-likeness (QED) is 0.837. The van der Waals surface area contributed by atoms with Crippen molar-refractivity contribution in [2.45, 2.75) is 71.5 Å². The van der Waals surface area contributed by atoms with Crippen molar-refractivity contribution in [3.8, 4) is 0 Å². The Morgan fingerprint density at radius 1 is 1.33 bits per heavy atom. The predicted molar refractivity (Wildman–Crippen MR) is 74.1 cm³/mol. The van der Waals surface area contributed by atoms with Crippen molar-refractivity contribution in [3.05, 3.63) is 0 Å². The Hall–Kier alpha value is -0.570. The maximum absolute atomic E-state index is 12.5. The molecule has 0 bridgehead atoms. The Morgan fingerprint density at radius 3 is 2.56 bits per heavy atom. The lowest BCUT2D eigenvalue weighted by Gasteiger charge is -2.33. The van der Waals surface area contributed by atoms with E-state index in [2.05, 4.69) is 31.0 Å². The van der Waals surface area contributed by atoms with Gasteiger partial charge >= 0.3 is 0 Å². The average molecular weight is 252 g/mol. The van der Waals surface area contributed by atoms with Crippen LogP contribution in [0, 0.1) is 11.8 Å². The molecular formula is C15H28N2O. The molecule has 0 aromatic rings. The van der Waals surface area contributed by atoms with Crippen LogP contribution in [0.25, 0.3) is 0 Å². The minimum atomic E-state index is -0.336. The van der Waals surface area contributed by atoms with E-state index in [1.165, 1.54) is 25.7 Å². The van der Waals surface area contributed by atoms with Crippen LogP contribution < -0.4 is 5.32 Å². The zero-order valence-electron chi connectivity index (χ0n) is 12.3. The van der Waals surface area contributed by atoms with Crippen molar-refractivity contribution in [3.63, 3.8) is 0 Å². The predicted octanol–water partition coefficient (Wildman–Crippen LogP) is 2.76. The molecule has 1 saturated carbocycles. The number of hydrogen-bond acceptors (Lipinski definition) is 2. The molecule has 3 heteroatoms. The number of rotatable bonds is 3. The van der Waals surface area contributed by atoms with E-state index in [-0.39, 0.29) is 11.7 Å². The molecule has 1 amide bonds. The SMILES string of the molecule is CCC1(C)NC(C)N(CC2CCCCC2C)C1=O. The fourth-order valence-corrected chi connectivity index (χ4v) is 3.50. The molecule has 0 aromatic heterocycles. The standard InChI is InChI=1S/C15H28N2O/c1-5-15(4)14(18)17(12(3)16-15)10-13-9-7-6-8-11(13)2/h11-13,16H,5-10H2,1-4H3. The summed E-state index contributed by atoms with van der Waals surface area (Å²) in [4.78, 5) is 14.6. The molecule has 1 aliphatic carbocycles. The van der Waals surface area contributed by atoms with Crippen LogP contribution in [-0.4, -0.2) is 29.1 Å². The van der Waals surface area contributed by atoms with Gasteiger partial charge in [-0.3, -0.25) is 10.1 Å². The molecule has 1 heterocycles. The van der Waals surface area contributed by atoms with Gasteiger partial charge in [-0.15, -0.1) is 0 Å². The smallest absolute Gasteiger partial charge is 0.243 e. The van der Waals surface area contributed by atoms with E-state index in [9.17, 15) is 4.79 Å². The maximum atomic E-state index is 12.5. The summed E-state index contributed by atoms with van der Waals surface area (Å²) < 4.78 is 0. The number of hydrogen-bond donors (Lipinski definition) is 1. The first-order valence-electron chi connectivity index (χ1n) is 7.56. The molecule has 1 aliphatic heterocycles. The number of nitrogens with zero attached hydrogens (tertiary/aromatic N) is 1. The molecule has 2 rings (SSSR count). The van der Waals surface area contributed by atoms with Gasteiger partial charge < -0.3 is 4.90 Å². The molecule has 0 spiro atoms. The van der Waals surface area contributed by atoms with E-state index in [1.807, 2.05) is 6.92 Å². The van der Waals surface area contributed by atoms with E-state index in [0.29, 0.717) is 11.8 Å². The van der Waals surface area contributed by atoms with Crippen LogP contribution in [0.4, 0.5) is 0 Å². The van der Waals surface area contributed by atoms with Crippen molar-refractivity contribution < 1.29 is 4.79 Å². The molecule has 0 radical (unpaired) electrons. The molecule has 3 nitrogen and oxygen atoms in total. The minimum Gasteiger partial charge on any atom is -0.326 e. The van der Waals surface area contributed by atoms with Crippen LogP contribution in [-0.2, 0) is 4.79 Å². The van der Waals surface area contributed by atoms with Crippen molar-refractivity contribution in [1.82, 2.24) is 10.2 Å². The second kappa shape index (κ2) is 5.20. The number of amides is 1. The summed E-state index contributed by atoms with van der Waals surface area (Å²) in [5, 5.41) is 3.46. The second-order valence-corrected chi connectivity index (χ2v) is 6.49. The third-order valence-corrected chi connectivity index (χ3v) is 5.16. The van der Waals surface area contributed by atoms with Gasteiger partial charge in [-0.1, -0.05) is 33.1 Å². The zero-order chi connectivity index (χ0) is 13.3. The summed E-state index contributed by atoms with van der Waals surface area (Å²) in [6.45, 7) is 9.54. The molecular weight excluding hydrogens is 224 g/mol. The molecule has 2 aliphatic rings. The van der Waals surface area contributed by atoms with Gasteiger partial charge in [-0.2, -0.15) is 0 Å². The normalized spacial score (nSPS) is 41.4. The van der Waals surface area contributed by atoms with E-state index in [4.69, 9.17) is 0 Å². The highest BCUT2D eigenvalue weighted by molar-refractivity contribution is 5.88. The summed E-state index contributed by atoms with van der Waals surface area (Å²) in [6, 6.07) is 0. The first kappa shape index (κ1) is 13.9. The van der Waals surface area contributed by atoms with Crippen molar-refractivity contribution in [1.29, 1.82) is 0 Å². The summed E-state index contributed by atoms with van der Waals surface area (Å²) in [6.07, 6.45) is 6.39. The largest absolute Gasteiger partial charge is 0.326 e. The highest BCUT2D eigenvalue weighted by Gasteiger charge is 2.45. The fraction of sp³-hybridized carbons (Fsp3) is 0.933. The van der Waals surface area contributed by atoms with Crippen LogP contribution in [0.2, 0.25) is 0 Å². The van der Waals surface area contributed by atoms with Gasteiger partial charge in [0.05, 0.1) is 11.7 Å². The Balaban J connectivity index is 2.03. The number of carbonyl (C=O) groups excluding carboxylic acids is 1. The Labute approximate surface area is 111 Å². The fourth-order valence-electron chi connectivity index (χ4n) is 3.50. The monoisotopic (exact) mass is 252 g/mol. The lowest BCUT2D eigenvalue weighted by atomic mass is 9.80. The van der Waals surface area contributed by atoms with Gasteiger partial charge in [0.15, 0.2) is 0 Å². The molecule has 1 saturated heterocycles. The van der Waals surface area contributed by atoms with E-state index < -0.39 is 0 Å². The van der Waals surface area contributed by atoms with Crippen LogP contribution in [0.5, 0.6) is 0 Å². The topological polar surface area (TPSA) is 32.3 Å². The van der Waals surface area contributed by atoms with Crippen LogP contribution in [0.15, 0.2) is 0 Å². The highest BCUT2D eigenvalue weighted by Crippen LogP contribution is 2.32. The Morgan fingerprint density at radius 2 is 2.00 bits per heavy atom. The van der Waals surface area contributed by atoms with Gasteiger partial charge in [0.25, 0.3) is 0 Å². The van der Waals surface area contributed by atoms with Crippen LogP contribution >= 0.6 is 0 Å². The third kappa shape index (κ3) is 2.42. The summed E-state index contributed by atoms with van der Waals surface area (Å²) >= 11 is 0. The highest BCUT2D eigenvalue weighted by atomic mass is 16.2. The molecule has 0 aromatic carbocycles. The molecule has 1 N–H and O–H groups in total. The van der Waals surface area contributed by atoms with Gasteiger partial charge in [-0.25, -0.2) is 0 Å².